The summed E-state index contributed by atoms with van der Waals surface area (Å²) in [5.74, 6) is 1.02. The number of benzene rings is 1. The van der Waals surface area contributed by atoms with E-state index in [9.17, 15) is 5.11 Å². The topological polar surface area (TPSA) is 55.5 Å². The van der Waals surface area contributed by atoms with Crippen LogP contribution in [0.15, 0.2) is 18.2 Å². The minimum absolute atomic E-state index is 0.210. The Labute approximate surface area is 108 Å². The predicted molar refractivity (Wildman–Crippen MR) is 70.7 cm³/mol. The van der Waals surface area contributed by atoms with Crippen molar-refractivity contribution in [3.63, 3.8) is 0 Å². The highest BCUT2D eigenvalue weighted by atomic mass is 35.5. The van der Waals surface area contributed by atoms with E-state index < -0.39 is 6.10 Å². The predicted octanol–water partition coefficient (Wildman–Crippen LogP) is 2.55. The first-order valence-corrected chi connectivity index (χ1v) is 6.21. The molecule has 0 amide bonds. The third kappa shape index (κ3) is 3.87. The van der Waals surface area contributed by atoms with Crippen LogP contribution >= 0.6 is 11.6 Å². The maximum absolute atomic E-state index is 9.65. The number of rotatable bonds is 6. The summed E-state index contributed by atoms with van der Waals surface area (Å²) < 4.78 is 5.33. The second-order valence-corrected chi connectivity index (χ2v) is 4.55. The van der Waals surface area contributed by atoms with Gasteiger partial charge < -0.3 is 15.6 Å². The molecule has 17 heavy (non-hydrogen) atoms. The highest BCUT2D eigenvalue weighted by Crippen LogP contribution is 2.34. The summed E-state index contributed by atoms with van der Waals surface area (Å²) in [5, 5.41) is 10.3. The van der Waals surface area contributed by atoms with E-state index in [-0.39, 0.29) is 12.5 Å². The van der Waals surface area contributed by atoms with E-state index in [2.05, 4.69) is 6.92 Å². The Hall–Kier alpha value is -0.770. The summed E-state index contributed by atoms with van der Waals surface area (Å²) in [6, 6.07) is 5.56. The third-order valence-corrected chi connectivity index (χ3v) is 3.19. The van der Waals surface area contributed by atoms with Gasteiger partial charge in [0.25, 0.3) is 0 Å². The molecule has 1 aromatic rings. The molecule has 0 aromatic heterocycles. The summed E-state index contributed by atoms with van der Waals surface area (Å²) in [7, 11) is 1.64. The van der Waals surface area contributed by atoms with Crippen molar-refractivity contribution in [1.82, 2.24) is 0 Å². The van der Waals surface area contributed by atoms with E-state index in [0.29, 0.717) is 11.4 Å². The molecule has 4 heteroatoms. The van der Waals surface area contributed by atoms with E-state index in [4.69, 9.17) is 22.1 Å². The molecule has 3 N–H and O–H groups in total. The van der Waals surface area contributed by atoms with Gasteiger partial charge in [0.15, 0.2) is 0 Å². The number of nitrogens with two attached hydrogens (primary N) is 1. The Bertz CT molecular complexity index is 357. The molecule has 0 radical (unpaired) electrons. The van der Waals surface area contributed by atoms with Crippen LogP contribution in [0.1, 0.15) is 31.2 Å². The van der Waals surface area contributed by atoms with Crippen molar-refractivity contribution in [2.75, 3.05) is 13.7 Å². The van der Waals surface area contributed by atoms with Crippen LogP contribution in [0.25, 0.3) is 0 Å². The smallest absolute Gasteiger partial charge is 0.122 e. The molecule has 0 saturated heterocycles. The van der Waals surface area contributed by atoms with Crippen molar-refractivity contribution in [1.29, 1.82) is 0 Å². The number of ether oxygens (including phenoxy) is 1. The highest BCUT2D eigenvalue weighted by Gasteiger charge is 2.18. The van der Waals surface area contributed by atoms with Crippen molar-refractivity contribution < 1.29 is 9.84 Å². The lowest BCUT2D eigenvalue weighted by Gasteiger charge is -2.21. The van der Waals surface area contributed by atoms with Gasteiger partial charge in [0.2, 0.25) is 0 Å². The van der Waals surface area contributed by atoms with Crippen LogP contribution < -0.4 is 10.5 Å². The van der Waals surface area contributed by atoms with Gasteiger partial charge >= 0.3 is 0 Å². The number of hydrogen-bond acceptors (Lipinski definition) is 3. The molecule has 0 aliphatic carbocycles. The Morgan fingerprint density at radius 1 is 1.47 bits per heavy atom. The molecule has 0 saturated carbocycles. The van der Waals surface area contributed by atoms with Crippen LogP contribution in [0.4, 0.5) is 0 Å². The zero-order chi connectivity index (χ0) is 12.8. The number of hydrogen-bond donors (Lipinski definition) is 2. The van der Waals surface area contributed by atoms with Gasteiger partial charge in [-0.05, 0) is 42.5 Å². The van der Waals surface area contributed by atoms with Gasteiger partial charge in [-0.3, -0.25) is 0 Å². The summed E-state index contributed by atoms with van der Waals surface area (Å²) in [6.07, 6.45) is 1.06. The van der Waals surface area contributed by atoms with E-state index in [1.54, 1.807) is 13.2 Å². The second-order valence-electron chi connectivity index (χ2n) is 4.12. The molecule has 0 heterocycles. The van der Waals surface area contributed by atoms with Gasteiger partial charge in [-0.15, -0.1) is 0 Å². The van der Waals surface area contributed by atoms with Gasteiger partial charge in [0.05, 0.1) is 13.2 Å². The van der Waals surface area contributed by atoms with Crippen LogP contribution in [0.3, 0.4) is 0 Å². The summed E-state index contributed by atoms with van der Waals surface area (Å²) in [6.45, 7) is 2.35. The van der Waals surface area contributed by atoms with Crippen molar-refractivity contribution in [2.24, 2.45) is 5.73 Å². The Morgan fingerprint density at radius 2 is 2.18 bits per heavy atom. The maximum atomic E-state index is 9.65. The first-order valence-electron chi connectivity index (χ1n) is 5.83. The van der Waals surface area contributed by atoms with Crippen LogP contribution in [0.5, 0.6) is 5.75 Å². The van der Waals surface area contributed by atoms with Crippen LogP contribution in [0.2, 0.25) is 5.02 Å². The molecule has 3 nitrogen and oxygen atoms in total. The molecule has 2 atom stereocenters. The minimum atomic E-state index is -0.483. The Morgan fingerprint density at radius 3 is 2.71 bits per heavy atom. The largest absolute Gasteiger partial charge is 0.496 e. The molecule has 0 fully saturated rings. The van der Waals surface area contributed by atoms with Crippen molar-refractivity contribution in [3.8, 4) is 5.75 Å². The maximum Gasteiger partial charge on any atom is 0.122 e. The quantitative estimate of drug-likeness (QED) is 0.824. The SMILES string of the molecule is CCC(CC(O)CN)c1cc(Cl)ccc1OC. The monoisotopic (exact) mass is 257 g/mol. The number of aliphatic hydroxyl groups excluding tert-OH is 1. The van der Waals surface area contributed by atoms with E-state index in [1.807, 2.05) is 12.1 Å². The van der Waals surface area contributed by atoms with Crippen molar-refractivity contribution in [3.05, 3.63) is 28.8 Å². The molecule has 1 aromatic carbocycles. The average Bonchev–Trinajstić information content (AvgIpc) is 2.35. The molecule has 0 bridgehead atoms. The number of methoxy groups -OCH3 is 1. The standard InChI is InChI=1S/C13H20ClNO2/c1-3-9(6-11(16)8-15)12-7-10(14)4-5-13(12)17-2/h4-5,7,9,11,16H,3,6,8,15H2,1-2H3. The van der Waals surface area contributed by atoms with Gasteiger partial charge in [-0.2, -0.15) is 0 Å². The molecular formula is C13H20ClNO2. The lowest BCUT2D eigenvalue weighted by atomic mass is 9.90. The van der Waals surface area contributed by atoms with Crippen LogP contribution in [0, 0.1) is 0 Å². The van der Waals surface area contributed by atoms with Gasteiger partial charge in [0, 0.05) is 11.6 Å². The fourth-order valence-electron chi connectivity index (χ4n) is 1.96. The molecule has 0 aliphatic heterocycles. The normalized spacial score (nSPS) is 14.4. The van der Waals surface area contributed by atoms with Crippen LogP contribution in [-0.4, -0.2) is 24.9 Å². The fourth-order valence-corrected chi connectivity index (χ4v) is 2.14. The third-order valence-electron chi connectivity index (χ3n) is 2.95. The Balaban J connectivity index is 2.97. The van der Waals surface area contributed by atoms with Crippen molar-refractivity contribution in [2.45, 2.75) is 31.8 Å². The summed E-state index contributed by atoms with van der Waals surface area (Å²) >= 11 is 6.00. The lowest BCUT2D eigenvalue weighted by molar-refractivity contribution is 0.161. The first kappa shape index (κ1) is 14.3. The fraction of sp³-hybridized carbons (Fsp3) is 0.538. The lowest BCUT2D eigenvalue weighted by Crippen LogP contribution is -2.22. The molecular weight excluding hydrogens is 238 g/mol. The van der Waals surface area contributed by atoms with E-state index in [1.165, 1.54) is 0 Å². The van der Waals surface area contributed by atoms with Gasteiger partial charge in [-0.25, -0.2) is 0 Å². The second kappa shape index (κ2) is 6.84. The van der Waals surface area contributed by atoms with E-state index in [0.717, 1.165) is 17.7 Å². The molecule has 1 rings (SSSR count). The van der Waals surface area contributed by atoms with Crippen molar-refractivity contribution >= 4 is 11.6 Å². The highest BCUT2D eigenvalue weighted by molar-refractivity contribution is 6.30. The first-order chi connectivity index (χ1) is 8.12. The molecule has 96 valence electrons. The van der Waals surface area contributed by atoms with Gasteiger partial charge in [0.1, 0.15) is 5.75 Å². The molecule has 0 spiro atoms. The van der Waals surface area contributed by atoms with E-state index >= 15 is 0 Å². The zero-order valence-electron chi connectivity index (χ0n) is 10.3. The average molecular weight is 258 g/mol. The van der Waals surface area contributed by atoms with Gasteiger partial charge in [-0.1, -0.05) is 18.5 Å². The minimum Gasteiger partial charge on any atom is -0.496 e. The zero-order valence-corrected chi connectivity index (χ0v) is 11.1. The summed E-state index contributed by atoms with van der Waals surface area (Å²) in [4.78, 5) is 0. The van der Waals surface area contributed by atoms with Crippen LogP contribution in [-0.2, 0) is 0 Å². The Kier molecular flexibility index (Phi) is 5.75. The molecule has 0 aliphatic rings. The number of aliphatic hydroxyl groups is 1. The summed E-state index contributed by atoms with van der Waals surface area (Å²) in [5.41, 5.74) is 6.48. The number of halogens is 1. The molecule has 2 unspecified atom stereocenters.